The lowest BCUT2D eigenvalue weighted by molar-refractivity contribution is 0.0681. The maximum absolute atomic E-state index is 11.0. The molecule has 0 radical (unpaired) electrons. The molecule has 1 aromatic heterocycles. The first-order valence-corrected chi connectivity index (χ1v) is 2.89. The largest absolute Gasteiger partial charge is 0.539 e. The highest BCUT2D eigenvalue weighted by molar-refractivity contribution is 5.64. The Morgan fingerprint density at radius 1 is 1.36 bits per heavy atom. The molecule has 0 N–H and O–H groups in total. The molecule has 0 aliphatic carbocycles. The first-order chi connectivity index (χ1) is 5.27. The van der Waals surface area contributed by atoms with Crippen molar-refractivity contribution in [2.75, 3.05) is 0 Å². The van der Waals surface area contributed by atoms with Gasteiger partial charge in [0.05, 0.1) is 0 Å². The molecule has 0 amide bonds. The van der Waals surface area contributed by atoms with Gasteiger partial charge in [-0.15, -0.1) is 4.73 Å². The van der Waals surface area contributed by atoms with Crippen LogP contribution in [0.5, 0.6) is 5.75 Å². The second-order valence-electron chi connectivity index (χ2n) is 1.95. The van der Waals surface area contributed by atoms with Gasteiger partial charge < -0.3 is 4.74 Å². The molecule has 2 rings (SSSR count). The average molecular weight is 153 g/mol. The van der Waals surface area contributed by atoms with Crippen molar-refractivity contribution in [2.24, 2.45) is 0 Å². The van der Waals surface area contributed by atoms with Crippen LogP contribution in [0.1, 0.15) is 0 Å². The van der Waals surface area contributed by atoms with E-state index in [4.69, 9.17) is 0 Å². The predicted molar refractivity (Wildman–Crippen MR) is 33.3 cm³/mol. The third-order valence-corrected chi connectivity index (χ3v) is 1.25. The van der Waals surface area contributed by atoms with Crippen LogP contribution in [-0.2, 0) is 0 Å². The molecule has 2 bridgehead atoms. The summed E-state index contributed by atoms with van der Waals surface area (Å²) in [5.74, 6) is -0.0104. The highest BCUT2D eigenvalue weighted by atomic mass is 16.8. The van der Waals surface area contributed by atoms with E-state index >= 15 is 0 Å². The van der Waals surface area contributed by atoms with Crippen LogP contribution in [0.15, 0.2) is 23.1 Å². The van der Waals surface area contributed by atoms with Crippen LogP contribution in [0.25, 0.3) is 0 Å². The van der Waals surface area contributed by atoms with E-state index < -0.39 is 11.7 Å². The topological polar surface area (TPSA) is 57.5 Å². The van der Waals surface area contributed by atoms with Crippen molar-refractivity contribution in [3.8, 4) is 5.75 Å². The summed E-state index contributed by atoms with van der Waals surface area (Å²) in [6.07, 6.45) is 0.451. The minimum Gasteiger partial charge on any atom is -0.387 e. The SMILES string of the molecule is O=C1Oc2cccn(c2=O)O1. The molecule has 0 unspecified atom stereocenters. The zero-order chi connectivity index (χ0) is 7.84. The number of rotatable bonds is 0. The molecule has 5 nitrogen and oxygen atoms in total. The minimum absolute atomic E-state index is 0.0104. The van der Waals surface area contributed by atoms with Crippen molar-refractivity contribution >= 4 is 6.16 Å². The summed E-state index contributed by atoms with van der Waals surface area (Å²) in [6.45, 7) is 0. The van der Waals surface area contributed by atoms with Crippen molar-refractivity contribution in [1.29, 1.82) is 0 Å². The lowest BCUT2D eigenvalue weighted by atomic mass is 10.4. The van der Waals surface area contributed by atoms with Crippen LogP contribution in [0.4, 0.5) is 4.79 Å². The Bertz CT molecular complexity index is 338. The van der Waals surface area contributed by atoms with E-state index in [1.54, 1.807) is 6.07 Å². The highest BCUT2D eigenvalue weighted by Crippen LogP contribution is 2.05. The van der Waals surface area contributed by atoms with Crippen LogP contribution in [0, 0.1) is 0 Å². The van der Waals surface area contributed by atoms with Crippen molar-refractivity contribution in [3.05, 3.63) is 28.7 Å². The molecular weight excluding hydrogens is 150 g/mol. The lowest BCUT2D eigenvalue weighted by Gasteiger charge is -2.11. The molecule has 5 heteroatoms. The Kier molecular flexibility index (Phi) is 1.00. The number of hydrogen-bond donors (Lipinski definition) is 0. The fraction of sp³-hybridized carbons (Fsp3) is 0. The summed E-state index contributed by atoms with van der Waals surface area (Å²) in [5, 5.41) is 0. The van der Waals surface area contributed by atoms with E-state index in [9.17, 15) is 9.59 Å². The third-order valence-electron chi connectivity index (χ3n) is 1.25. The van der Waals surface area contributed by atoms with Crippen LogP contribution in [-0.4, -0.2) is 10.9 Å². The van der Waals surface area contributed by atoms with Gasteiger partial charge in [0.1, 0.15) is 0 Å². The molecule has 0 spiro atoms. The number of aromatic nitrogens is 1. The number of hydrogen-bond acceptors (Lipinski definition) is 4. The summed E-state index contributed by atoms with van der Waals surface area (Å²) in [6, 6.07) is 2.95. The normalized spacial score (nSPS) is 13.6. The molecule has 0 saturated carbocycles. The van der Waals surface area contributed by atoms with Gasteiger partial charge in [0.2, 0.25) is 5.75 Å². The number of fused-ring (bicyclic) bond motifs is 2. The molecule has 2 heterocycles. The summed E-state index contributed by atoms with van der Waals surface area (Å²) in [5.41, 5.74) is -0.466. The van der Waals surface area contributed by atoms with Crippen molar-refractivity contribution < 1.29 is 14.4 Å². The molecule has 56 valence electrons. The molecule has 0 fully saturated rings. The predicted octanol–water partition coefficient (Wildman–Crippen LogP) is -0.211. The molecule has 1 aromatic rings. The molecule has 0 atom stereocenters. The molecule has 0 aromatic carbocycles. The maximum Gasteiger partial charge on any atom is 0.539 e. The van der Waals surface area contributed by atoms with E-state index in [1.807, 2.05) is 0 Å². The van der Waals surface area contributed by atoms with Gasteiger partial charge in [0, 0.05) is 6.20 Å². The first kappa shape index (κ1) is 5.96. The summed E-state index contributed by atoms with van der Waals surface area (Å²) in [4.78, 5) is 25.8. The first-order valence-electron chi connectivity index (χ1n) is 2.89. The van der Waals surface area contributed by atoms with Crippen LogP contribution >= 0.6 is 0 Å². The Morgan fingerprint density at radius 2 is 2.18 bits per heavy atom. The quantitative estimate of drug-likeness (QED) is 0.484. The molecule has 0 saturated heterocycles. The van der Waals surface area contributed by atoms with Gasteiger partial charge >= 0.3 is 11.7 Å². The van der Waals surface area contributed by atoms with Gasteiger partial charge in [0.15, 0.2) is 0 Å². The van der Waals surface area contributed by atoms with Crippen molar-refractivity contribution in [2.45, 2.75) is 0 Å². The maximum atomic E-state index is 11.0. The van der Waals surface area contributed by atoms with E-state index in [0.717, 1.165) is 4.73 Å². The number of ether oxygens (including phenoxy) is 1. The number of nitrogens with zero attached hydrogens (tertiary/aromatic N) is 1. The summed E-state index contributed by atoms with van der Waals surface area (Å²) >= 11 is 0. The number of carbonyl (C=O) groups is 1. The minimum atomic E-state index is -0.889. The zero-order valence-electron chi connectivity index (χ0n) is 5.31. The Hall–Kier alpha value is -1.78. The van der Waals surface area contributed by atoms with Crippen LogP contribution in [0.2, 0.25) is 0 Å². The van der Waals surface area contributed by atoms with Crippen LogP contribution in [0.3, 0.4) is 0 Å². The smallest absolute Gasteiger partial charge is 0.387 e. The Labute approximate surface area is 60.7 Å². The fourth-order valence-corrected chi connectivity index (χ4v) is 0.794. The fourth-order valence-electron chi connectivity index (χ4n) is 0.794. The summed E-state index contributed by atoms with van der Waals surface area (Å²) in [7, 11) is 0. The van der Waals surface area contributed by atoms with Gasteiger partial charge in [-0.2, -0.15) is 0 Å². The molecule has 1 aliphatic rings. The third kappa shape index (κ3) is 0.778. The average Bonchev–Trinajstić information content (AvgIpc) is 1.92. The van der Waals surface area contributed by atoms with Gasteiger partial charge in [-0.25, -0.2) is 4.79 Å². The Balaban J connectivity index is 2.70. The number of pyridine rings is 1. The summed E-state index contributed by atoms with van der Waals surface area (Å²) < 4.78 is 5.25. The van der Waals surface area contributed by atoms with Crippen LogP contribution < -0.4 is 15.1 Å². The second-order valence-corrected chi connectivity index (χ2v) is 1.95. The van der Waals surface area contributed by atoms with E-state index in [-0.39, 0.29) is 5.75 Å². The Morgan fingerprint density at radius 3 is 2.91 bits per heavy atom. The van der Waals surface area contributed by atoms with Gasteiger partial charge in [-0.1, -0.05) is 0 Å². The van der Waals surface area contributed by atoms with Crippen molar-refractivity contribution in [3.63, 3.8) is 0 Å². The van der Waals surface area contributed by atoms with E-state index in [0.29, 0.717) is 0 Å². The van der Waals surface area contributed by atoms with E-state index in [2.05, 4.69) is 9.57 Å². The van der Waals surface area contributed by atoms with E-state index in [1.165, 1.54) is 12.3 Å². The van der Waals surface area contributed by atoms with Gasteiger partial charge in [-0.05, 0) is 12.1 Å². The van der Waals surface area contributed by atoms with Gasteiger partial charge in [0.25, 0.3) is 0 Å². The monoisotopic (exact) mass is 153 g/mol. The van der Waals surface area contributed by atoms with Crippen molar-refractivity contribution in [1.82, 2.24) is 4.73 Å². The van der Waals surface area contributed by atoms with Gasteiger partial charge in [-0.3, -0.25) is 9.63 Å². The molecule has 11 heavy (non-hydrogen) atoms. The lowest BCUT2D eigenvalue weighted by Crippen LogP contribution is -2.38. The zero-order valence-corrected chi connectivity index (χ0v) is 5.31. The standard InChI is InChI=1S/C6H3NO4/c8-5-4-2-1-3-7(5)11-6(9)10-4/h1-3H. The molecule has 1 aliphatic heterocycles. The molecular formula is C6H3NO4. The highest BCUT2D eigenvalue weighted by Gasteiger charge is 2.18. The second kappa shape index (κ2) is 1.85. The number of carbonyl (C=O) groups excluding carboxylic acids is 1.